The summed E-state index contributed by atoms with van der Waals surface area (Å²) in [6.07, 6.45) is 3.01. The normalized spacial score (nSPS) is 10.7. The molecule has 0 saturated heterocycles. The Labute approximate surface area is 96.9 Å². The monoisotopic (exact) mass is 224 g/mol. The highest BCUT2D eigenvalue weighted by Crippen LogP contribution is 2.18. The van der Waals surface area contributed by atoms with E-state index in [1.165, 1.54) is 5.56 Å². The summed E-state index contributed by atoms with van der Waals surface area (Å²) >= 11 is 1.96. The summed E-state index contributed by atoms with van der Waals surface area (Å²) in [5.41, 5.74) is 1.35. The van der Waals surface area contributed by atoms with Crippen LogP contribution in [0, 0.1) is 0 Å². The van der Waals surface area contributed by atoms with E-state index in [0.717, 1.165) is 24.5 Å². The van der Waals surface area contributed by atoms with Crippen molar-refractivity contribution in [1.82, 2.24) is 4.98 Å². The summed E-state index contributed by atoms with van der Waals surface area (Å²) in [4.78, 5) is 4.28. The fourth-order valence-corrected chi connectivity index (χ4v) is 1.88. The second kappa shape index (κ2) is 6.72. The number of nitrogens with one attached hydrogen (secondary N) is 1. The van der Waals surface area contributed by atoms with Crippen LogP contribution in [0.1, 0.15) is 32.8 Å². The van der Waals surface area contributed by atoms with Crippen LogP contribution in [0.3, 0.4) is 0 Å². The van der Waals surface area contributed by atoms with E-state index in [4.69, 9.17) is 0 Å². The molecule has 3 heteroatoms. The van der Waals surface area contributed by atoms with Crippen LogP contribution in [0.5, 0.6) is 0 Å². The molecule has 0 amide bonds. The summed E-state index contributed by atoms with van der Waals surface area (Å²) in [5, 5.41) is 3.99. The summed E-state index contributed by atoms with van der Waals surface area (Å²) in [6, 6.07) is 4.23. The number of pyridine rings is 1. The predicted molar refractivity (Wildman–Crippen MR) is 69.4 cm³/mol. The van der Waals surface area contributed by atoms with Gasteiger partial charge in [-0.1, -0.05) is 20.8 Å². The highest BCUT2D eigenvalue weighted by molar-refractivity contribution is 7.99. The largest absolute Gasteiger partial charge is 0.370 e. The van der Waals surface area contributed by atoms with E-state index in [2.05, 4.69) is 43.2 Å². The lowest BCUT2D eigenvalue weighted by Crippen LogP contribution is -2.02. The first-order chi connectivity index (χ1) is 7.22. The predicted octanol–water partition coefficient (Wildman–Crippen LogP) is 3.55. The van der Waals surface area contributed by atoms with Crippen molar-refractivity contribution in [2.45, 2.75) is 38.2 Å². The first-order valence-electron chi connectivity index (χ1n) is 5.52. The molecule has 0 aliphatic heterocycles. The first kappa shape index (κ1) is 12.4. The Bertz CT molecular complexity index is 287. The fraction of sp³-hybridized carbons (Fsp3) is 0.583. The Morgan fingerprint density at radius 1 is 1.47 bits per heavy atom. The van der Waals surface area contributed by atoms with Crippen molar-refractivity contribution in [3.05, 3.63) is 23.9 Å². The average Bonchev–Trinajstić information content (AvgIpc) is 2.24. The van der Waals surface area contributed by atoms with Gasteiger partial charge in [-0.15, -0.1) is 0 Å². The average molecular weight is 224 g/mol. The molecule has 15 heavy (non-hydrogen) atoms. The molecule has 0 aliphatic rings. The number of nitrogens with zero attached hydrogens (tertiary/aromatic N) is 1. The third-order valence-corrected chi connectivity index (χ3v) is 3.13. The molecule has 0 fully saturated rings. The third-order valence-electron chi connectivity index (χ3n) is 1.96. The molecule has 1 rings (SSSR count). The molecule has 0 spiro atoms. The molecule has 84 valence electrons. The van der Waals surface area contributed by atoms with Gasteiger partial charge in [-0.25, -0.2) is 4.98 Å². The van der Waals surface area contributed by atoms with Gasteiger partial charge in [-0.3, -0.25) is 0 Å². The lowest BCUT2D eigenvalue weighted by atomic mass is 10.3. The summed E-state index contributed by atoms with van der Waals surface area (Å²) in [5.74, 6) is 2.07. The number of aromatic nitrogens is 1. The zero-order valence-corrected chi connectivity index (χ0v) is 10.6. The van der Waals surface area contributed by atoms with Crippen molar-refractivity contribution in [3.63, 3.8) is 0 Å². The molecule has 1 heterocycles. The van der Waals surface area contributed by atoms with E-state index >= 15 is 0 Å². The highest BCUT2D eigenvalue weighted by Gasteiger charge is 1.99. The molecule has 0 saturated carbocycles. The van der Waals surface area contributed by atoms with Crippen LogP contribution in [-0.4, -0.2) is 16.8 Å². The van der Waals surface area contributed by atoms with Gasteiger partial charge in [-0.05, 0) is 29.4 Å². The van der Waals surface area contributed by atoms with Gasteiger partial charge in [0.15, 0.2) is 0 Å². The van der Waals surface area contributed by atoms with Gasteiger partial charge in [0.2, 0.25) is 0 Å². The molecular formula is C12H20N2S. The van der Waals surface area contributed by atoms with E-state index in [0.29, 0.717) is 5.25 Å². The molecule has 0 atom stereocenters. The minimum Gasteiger partial charge on any atom is -0.370 e. The molecule has 1 N–H and O–H groups in total. The van der Waals surface area contributed by atoms with Crippen molar-refractivity contribution < 1.29 is 0 Å². The van der Waals surface area contributed by atoms with Gasteiger partial charge in [-0.2, -0.15) is 11.8 Å². The Morgan fingerprint density at radius 3 is 2.93 bits per heavy atom. The second-order valence-electron chi connectivity index (χ2n) is 3.84. The molecule has 1 aromatic rings. The molecule has 1 aromatic heterocycles. The van der Waals surface area contributed by atoms with Gasteiger partial charge in [0.1, 0.15) is 5.82 Å². The zero-order valence-electron chi connectivity index (χ0n) is 9.79. The summed E-state index contributed by atoms with van der Waals surface area (Å²) in [6.45, 7) is 7.60. The SMILES string of the molecule is CCCNc1cc(CSC(C)C)ccn1. The van der Waals surface area contributed by atoms with Gasteiger partial charge >= 0.3 is 0 Å². The Kier molecular flexibility index (Phi) is 5.54. The van der Waals surface area contributed by atoms with Crippen molar-refractivity contribution in [1.29, 1.82) is 0 Å². The van der Waals surface area contributed by atoms with Gasteiger partial charge in [0.05, 0.1) is 0 Å². The fourth-order valence-electron chi connectivity index (χ4n) is 1.18. The molecular weight excluding hydrogens is 204 g/mol. The number of thioether (sulfide) groups is 1. The maximum atomic E-state index is 4.28. The van der Waals surface area contributed by atoms with Crippen molar-refractivity contribution in [3.8, 4) is 0 Å². The van der Waals surface area contributed by atoms with Crippen LogP contribution >= 0.6 is 11.8 Å². The van der Waals surface area contributed by atoms with Crippen LogP contribution in [0.2, 0.25) is 0 Å². The molecule has 0 radical (unpaired) electrons. The lowest BCUT2D eigenvalue weighted by Gasteiger charge is -2.07. The number of hydrogen-bond donors (Lipinski definition) is 1. The van der Waals surface area contributed by atoms with Crippen LogP contribution in [-0.2, 0) is 5.75 Å². The Morgan fingerprint density at radius 2 is 2.27 bits per heavy atom. The third kappa shape index (κ3) is 5.07. The standard InChI is InChI=1S/C12H20N2S/c1-4-6-13-12-8-11(5-7-14-12)9-15-10(2)3/h5,7-8,10H,4,6,9H2,1-3H3,(H,13,14). The van der Waals surface area contributed by atoms with E-state index in [1.54, 1.807) is 0 Å². The first-order valence-corrected chi connectivity index (χ1v) is 6.57. The minimum absolute atomic E-state index is 0.685. The molecule has 0 unspecified atom stereocenters. The lowest BCUT2D eigenvalue weighted by molar-refractivity contribution is 0.968. The molecule has 2 nitrogen and oxygen atoms in total. The molecule has 0 aromatic carbocycles. The quantitative estimate of drug-likeness (QED) is 0.800. The van der Waals surface area contributed by atoms with Gasteiger partial charge in [0, 0.05) is 18.5 Å². The smallest absolute Gasteiger partial charge is 0.126 e. The summed E-state index contributed by atoms with van der Waals surface area (Å²) < 4.78 is 0. The van der Waals surface area contributed by atoms with E-state index in [9.17, 15) is 0 Å². The topological polar surface area (TPSA) is 24.9 Å². The zero-order chi connectivity index (χ0) is 11.1. The van der Waals surface area contributed by atoms with Crippen molar-refractivity contribution in [2.24, 2.45) is 0 Å². The maximum Gasteiger partial charge on any atom is 0.126 e. The van der Waals surface area contributed by atoms with Crippen LogP contribution in [0.15, 0.2) is 18.3 Å². The summed E-state index contributed by atoms with van der Waals surface area (Å²) in [7, 11) is 0. The van der Waals surface area contributed by atoms with Crippen molar-refractivity contribution >= 4 is 17.6 Å². The van der Waals surface area contributed by atoms with E-state index in [1.807, 2.05) is 18.0 Å². The second-order valence-corrected chi connectivity index (χ2v) is 5.40. The maximum absolute atomic E-state index is 4.28. The molecule has 0 aliphatic carbocycles. The number of rotatable bonds is 6. The Balaban J connectivity index is 2.50. The van der Waals surface area contributed by atoms with E-state index in [-0.39, 0.29) is 0 Å². The Hall–Kier alpha value is -0.700. The molecule has 0 bridgehead atoms. The van der Waals surface area contributed by atoms with E-state index < -0.39 is 0 Å². The van der Waals surface area contributed by atoms with Crippen LogP contribution in [0.4, 0.5) is 5.82 Å². The number of anilines is 1. The number of hydrogen-bond acceptors (Lipinski definition) is 3. The van der Waals surface area contributed by atoms with Crippen molar-refractivity contribution in [2.75, 3.05) is 11.9 Å². The minimum atomic E-state index is 0.685. The highest BCUT2D eigenvalue weighted by atomic mass is 32.2. The van der Waals surface area contributed by atoms with Gasteiger partial charge in [0.25, 0.3) is 0 Å². The van der Waals surface area contributed by atoms with Gasteiger partial charge < -0.3 is 5.32 Å². The van der Waals surface area contributed by atoms with Crippen LogP contribution in [0.25, 0.3) is 0 Å². The van der Waals surface area contributed by atoms with Crippen LogP contribution < -0.4 is 5.32 Å².